The van der Waals surface area contributed by atoms with Crippen molar-refractivity contribution in [3.8, 4) is 0 Å². The Hall–Kier alpha value is -1.47. The molecule has 2 rings (SSSR count). The molecule has 2 heterocycles. The maximum absolute atomic E-state index is 12.1. The molecule has 1 N–H and O–H groups in total. The van der Waals surface area contributed by atoms with Gasteiger partial charge in [-0.05, 0) is 31.3 Å². The number of carboxylic acid groups (broad SMARTS) is 1. The van der Waals surface area contributed by atoms with Crippen LogP contribution in [0.25, 0.3) is 0 Å². The summed E-state index contributed by atoms with van der Waals surface area (Å²) in [7, 11) is 1.56. The van der Waals surface area contributed by atoms with E-state index in [1.165, 1.54) is 4.90 Å². The number of carboxylic acids is 1. The van der Waals surface area contributed by atoms with E-state index in [-0.39, 0.29) is 11.5 Å². The lowest BCUT2D eigenvalue weighted by atomic mass is 10.2. The molecule has 0 saturated carbocycles. The fourth-order valence-corrected chi connectivity index (χ4v) is 2.77. The van der Waals surface area contributed by atoms with Crippen LogP contribution in [-0.4, -0.2) is 41.1 Å². The molecule has 1 fully saturated rings. The number of aromatic carboxylic acids is 1. The maximum atomic E-state index is 12.1. The average molecular weight is 270 g/mol. The number of amides is 1. The smallest absolute Gasteiger partial charge is 0.340 e. The first kappa shape index (κ1) is 13.0. The summed E-state index contributed by atoms with van der Waals surface area (Å²) in [5, 5.41) is 9.49. The maximum Gasteiger partial charge on any atom is 0.340 e. The van der Waals surface area contributed by atoms with E-state index in [0.29, 0.717) is 23.7 Å². The van der Waals surface area contributed by atoms with Gasteiger partial charge in [0.1, 0.15) is 16.7 Å². The summed E-state index contributed by atoms with van der Waals surface area (Å²) in [6.45, 7) is 2.20. The van der Waals surface area contributed by atoms with Crippen molar-refractivity contribution in [1.29, 1.82) is 0 Å². The highest BCUT2D eigenvalue weighted by atomic mass is 32.1. The Morgan fingerprint density at radius 2 is 2.28 bits per heavy atom. The van der Waals surface area contributed by atoms with E-state index >= 15 is 0 Å². The number of ether oxygens (including phenoxy) is 1. The minimum atomic E-state index is -1.07. The van der Waals surface area contributed by atoms with E-state index in [0.717, 1.165) is 18.0 Å². The van der Waals surface area contributed by atoms with Crippen LogP contribution < -0.4 is 4.90 Å². The van der Waals surface area contributed by atoms with Gasteiger partial charge in [0.25, 0.3) is 5.91 Å². The lowest BCUT2D eigenvalue weighted by molar-refractivity contribution is -0.126. The molecule has 1 amide bonds. The Labute approximate surface area is 108 Å². The van der Waals surface area contributed by atoms with E-state index in [2.05, 4.69) is 4.37 Å². The van der Waals surface area contributed by atoms with Crippen LogP contribution in [0.4, 0.5) is 5.00 Å². The normalized spacial score (nSPS) is 18.9. The summed E-state index contributed by atoms with van der Waals surface area (Å²) >= 11 is 1.02. The SMILES string of the molecule is Cc1nsc(N(C)C(=O)[C@H]2CCCO2)c1C(=O)O. The van der Waals surface area contributed by atoms with Crippen molar-refractivity contribution in [2.75, 3.05) is 18.6 Å². The van der Waals surface area contributed by atoms with Crippen molar-refractivity contribution in [2.45, 2.75) is 25.9 Å². The second kappa shape index (κ2) is 5.03. The number of nitrogens with zero attached hydrogens (tertiary/aromatic N) is 2. The predicted molar refractivity (Wildman–Crippen MR) is 66.2 cm³/mol. The van der Waals surface area contributed by atoms with Crippen LogP contribution in [0.15, 0.2) is 0 Å². The highest BCUT2D eigenvalue weighted by Gasteiger charge is 2.30. The molecule has 0 bridgehead atoms. The second-order valence-electron chi connectivity index (χ2n) is 4.15. The number of carbonyl (C=O) groups is 2. The van der Waals surface area contributed by atoms with Crippen LogP contribution in [0.5, 0.6) is 0 Å². The lowest BCUT2D eigenvalue weighted by Crippen LogP contribution is -2.36. The molecule has 98 valence electrons. The van der Waals surface area contributed by atoms with E-state index in [1.807, 2.05) is 0 Å². The summed E-state index contributed by atoms with van der Waals surface area (Å²) < 4.78 is 9.30. The van der Waals surface area contributed by atoms with E-state index in [1.54, 1.807) is 14.0 Å². The number of anilines is 1. The molecular weight excluding hydrogens is 256 g/mol. The number of hydrogen-bond acceptors (Lipinski definition) is 5. The van der Waals surface area contributed by atoms with Gasteiger partial charge in [0.15, 0.2) is 0 Å². The largest absolute Gasteiger partial charge is 0.478 e. The van der Waals surface area contributed by atoms with Crippen LogP contribution in [0.3, 0.4) is 0 Å². The molecule has 0 spiro atoms. The van der Waals surface area contributed by atoms with Crippen LogP contribution >= 0.6 is 11.5 Å². The van der Waals surface area contributed by atoms with Crippen LogP contribution in [0.2, 0.25) is 0 Å². The van der Waals surface area contributed by atoms with Crippen molar-refractivity contribution >= 4 is 28.4 Å². The molecular formula is C11H14N2O4S. The molecule has 1 aliphatic rings. The van der Waals surface area contributed by atoms with E-state index < -0.39 is 12.1 Å². The van der Waals surface area contributed by atoms with Gasteiger partial charge in [0.2, 0.25) is 0 Å². The summed E-state index contributed by atoms with van der Waals surface area (Å²) in [5.74, 6) is -1.28. The molecule has 1 aromatic heterocycles. The summed E-state index contributed by atoms with van der Waals surface area (Å²) in [6, 6.07) is 0. The van der Waals surface area contributed by atoms with Gasteiger partial charge < -0.3 is 14.7 Å². The number of rotatable bonds is 3. The Bertz CT molecular complexity index is 479. The standard InChI is InChI=1S/C11H14N2O4S/c1-6-8(11(15)16)10(18-12-6)13(2)9(14)7-4-3-5-17-7/h7H,3-5H2,1-2H3,(H,15,16)/t7-/m1/s1. The molecule has 0 aliphatic carbocycles. The lowest BCUT2D eigenvalue weighted by Gasteiger charge is -2.19. The first-order valence-corrected chi connectivity index (χ1v) is 6.38. The van der Waals surface area contributed by atoms with Crippen molar-refractivity contribution in [3.05, 3.63) is 11.3 Å². The summed E-state index contributed by atoms with van der Waals surface area (Å²) in [6.07, 6.45) is 1.08. The van der Waals surface area contributed by atoms with Gasteiger partial charge in [-0.25, -0.2) is 4.79 Å². The fourth-order valence-electron chi connectivity index (χ4n) is 1.92. The monoisotopic (exact) mass is 270 g/mol. The van der Waals surface area contributed by atoms with Crippen LogP contribution in [0, 0.1) is 6.92 Å². The van der Waals surface area contributed by atoms with Crippen molar-refractivity contribution < 1.29 is 19.4 Å². The average Bonchev–Trinajstić information content (AvgIpc) is 2.95. The Kier molecular flexibility index (Phi) is 3.63. The van der Waals surface area contributed by atoms with Gasteiger partial charge in [0.05, 0.1) is 5.69 Å². The predicted octanol–water partition coefficient (Wildman–Crippen LogP) is 1.29. The van der Waals surface area contributed by atoms with Gasteiger partial charge in [-0.2, -0.15) is 4.37 Å². The summed E-state index contributed by atoms with van der Waals surface area (Å²) in [4.78, 5) is 24.6. The zero-order chi connectivity index (χ0) is 13.3. The number of carbonyl (C=O) groups excluding carboxylic acids is 1. The topological polar surface area (TPSA) is 79.7 Å². The van der Waals surface area contributed by atoms with Gasteiger partial charge in [-0.3, -0.25) is 4.79 Å². The molecule has 1 aliphatic heterocycles. The molecule has 7 heteroatoms. The third kappa shape index (κ3) is 2.23. The zero-order valence-electron chi connectivity index (χ0n) is 10.2. The summed E-state index contributed by atoms with van der Waals surface area (Å²) in [5.41, 5.74) is 0.517. The van der Waals surface area contributed by atoms with Crippen molar-refractivity contribution in [1.82, 2.24) is 4.37 Å². The van der Waals surface area contributed by atoms with Crippen LogP contribution in [0.1, 0.15) is 28.9 Å². The Morgan fingerprint density at radius 3 is 2.83 bits per heavy atom. The number of likely N-dealkylation sites (N-methyl/N-ethyl adjacent to an activating group) is 1. The highest BCUT2D eigenvalue weighted by molar-refractivity contribution is 7.11. The Balaban J connectivity index is 2.25. The van der Waals surface area contributed by atoms with Crippen molar-refractivity contribution in [2.24, 2.45) is 0 Å². The Morgan fingerprint density at radius 1 is 1.56 bits per heavy atom. The third-order valence-corrected chi connectivity index (χ3v) is 3.91. The quantitative estimate of drug-likeness (QED) is 0.895. The van der Waals surface area contributed by atoms with E-state index in [4.69, 9.17) is 9.84 Å². The molecule has 1 aromatic rings. The van der Waals surface area contributed by atoms with Gasteiger partial charge in [-0.15, -0.1) is 0 Å². The first-order valence-electron chi connectivity index (χ1n) is 5.61. The van der Waals surface area contributed by atoms with Gasteiger partial charge in [0, 0.05) is 13.7 Å². The fraction of sp³-hybridized carbons (Fsp3) is 0.545. The minimum absolute atomic E-state index is 0.0915. The minimum Gasteiger partial charge on any atom is -0.478 e. The van der Waals surface area contributed by atoms with E-state index in [9.17, 15) is 9.59 Å². The third-order valence-electron chi connectivity index (χ3n) is 2.90. The molecule has 0 aromatic carbocycles. The molecule has 18 heavy (non-hydrogen) atoms. The van der Waals surface area contributed by atoms with Crippen molar-refractivity contribution in [3.63, 3.8) is 0 Å². The van der Waals surface area contributed by atoms with Crippen LogP contribution in [-0.2, 0) is 9.53 Å². The zero-order valence-corrected chi connectivity index (χ0v) is 11.0. The first-order chi connectivity index (χ1) is 8.52. The molecule has 0 unspecified atom stereocenters. The number of hydrogen-bond donors (Lipinski definition) is 1. The second-order valence-corrected chi connectivity index (χ2v) is 4.90. The van der Waals surface area contributed by atoms with Gasteiger partial charge in [-0.1, -0.05) is 0 Å². The molecule has 0 radical (unpaired) electrons. The highest BCUT2D eigenvalue weighted by Crippen LogP contribution is 2.29. The van der Waals surface area contributed by atoms with Gasteiger partial charge >= 0.3 is 5.97 Å². The number of aromatic nitrogens is 1. The molecule has 1 atom stereocenters. The molecule has 1 saturated heterocycles. The number of aryl methyl sites for hydroxylation is 1. The molecule has 6 nitrogen and oxygen atoms in total.